The topological polar surface area (TPSA) is 54.9 Å². The summed E-state index contributed by atoms with van der Waals surface area (Å²) in [6, 6.07) is 0. The maximum Gasteiger partial charge on any atom is 0.230 e. The van der Waals surface area contributed by atoms with Gasteiger partial charge in [0.25, 0.3) is 0 Å². The van der Waals surface area contributed by atoms with Gasteiger partial charge in [0.15, 0.2) is 8.68 Å². The lowest BCUT2D eigenvalue weighted by Gasteiger charge is -2.00. The van der Waals surface area contributed by atoms with Crippen LogP contribution in [0.4, 0.5) is 0 Å². The van der Waals surface area contributed by atoms with E-state index in [-0.39, 0.29) is 5.91 Å². The van der Waals surface area contributed by atoms with E-state index >= 15 is 0 Å². The minimum Gasteiger partial charge on any atom is -0.355 e. The third-order valence-corrected chi connectivity index (χ3v) is 5.10. The molecule has 0 aliphatic heterocycles. The van der Waals surface area contributed by atoms with E-state index in [4.69, 9.17) is 0 Å². The summed E-state index contributed by atoms with van der Waals surface area (Å²) in [5, 5.41) is 11.0. The Morgan fingerprint density at radius 2 is 2.00 bits per heavy atom. The number of rotatable bonds is 8. The summed E-state index contributed by atoms with van der Waals surface area (Å²) in [4.78, 5) is 11.4. The van der Waals surface area contributed by atoms with Gasteiger partial charge in [-0.1, -0.05) is 53.4 Å². The highest BCUT2D eigenvalue weighted by Crippen LogP contribution is 2.28. The number of amides is 1. The van der Waals surface area contributed by atoms with Crippen molar-refractivity contribution in [3.63, 3.8) is 0 Å². The number of nitrogens with one attached hydrogen (secondary N) is 1. The first-order valence-electron chi connectivity index (χ1n) is 6.11. The minimum atomic E-state index is 0.0563. The maximum atomic E-state index is 11.4. The molecular formula is C12H19N3OS3. The molecule has 0 unspecified atom stereocenters. The average Bonchev–Trinajstić information content (AvgIpc) is 2.81. The lowest BCUT2D eigenvalue weighted by molar-refractivity contribution is -0.118. The minimum absolute atomic E-state index is 0.0563. The molecule has 7 heteroatoms. The van der Waals surface area contributed by atoms with Gasteiger partial charge in [0.2, 0.25) is 5.91 Å². The zero-order chi connectivity index (χ0) is 14.1. The van der Waals surface area contributed by atoms with Crippen LogP contribution < -0.4 is 5.32 Å². The molecule has 1 rings (SSSR count). The van der Waals surface area contributed by atoms with Gasteiger partial charge in [0, 0.05) is 12.3 Å². The standard InChI is InChI=1S/C12H19N3OS3/c1-4-6-13-10(16)8-18-12-15-14-11(19-12)17-7-5-9(2)3/h5H,4,6-8H2,1-3H3,(H,13,16). The lowest BCUT2D eigenvalue weighted by Crippen LogP contribution is -2.25. The predicted molar refractivity (Wildman–Crippen MR) is 84.1 cm³/mol. The summed E-state index contributed by atoms with van der Waals surface area (Å²) in [5.74, 6) is 1.38. The molecule has 0 aliphatic carbocycles. The van der Waals surface area contributed by atoms with Crippen LogP contribution in [0.15, 0.2) is 20.3 Å². The smallest absolute Gasteiger partial charge is 0.230 e. The molecule has 0 radical (unpaired) electrons. The molecule has 0 saturated carbocycles. The zero-order valence-electron chi connectivity index (χ0n) is 11.4. The molecule has 0 spiro atoms. The van der Waals surface area contributed by atoms with Crippen molar-refractivity contribution in [2.75, 3.05) is 18.1 Å². The maximum absolute atomic E-state index is 11.4. The molecule has 0 aliphatic rings. The third-order valence-electron chi connectivity index (χ3n) is 1.99. The monoisotopic (exact) mass is 317 g/mol. The molecule has 19 heavy (non-hydrogen) atoms. The predicted octanol–water partition coefficient (Wildman–Crippen LogP) is 3.21. The SMILES string of the molecule is CCCNC(=O)CSc1nnc(SCC=C(C)C)s1. The van der Waals surface area contributed by atoms with Crippen LogP contribution in [0.25, 0.3) is 0 Å². The molecule has 1 aromatic rings. The van der Waals surface area contributed by atoms with Crippen LogP contribution >= 0.6 is 34.9 Å². The van der Waals surface area contributed by atoms with Gasteiger partial charge in [-0.2, -0.15) is 0 Å². The number of hydrogen-bond donors (Lipinski definition) is 1. The van der Waals surface area contributed by atoms with Crippen molar-refractivity contribution in [3.05, 3.63) is 11.6 Å². The van der Waals surface area contributed by atoms with E-state index in [2.05, 4.69) is 35.4 Å². The number of carbonyl (C=O) groups is 1. The molecule has 106 valence electrons. The number of thioether (sulfide) groups is 2. The number of nitrogens with zero attached hydrogens (tertiary/aromatic N) is 2. The largest absolute Gasteiger partial charge is 0.355 e. The van der Waals surface area contributed by atoms with Crippen LogP contribution in [0.5, 0.6) is 0 Å². The van der Waals surface area contributed by atoms with Gasteiger partial charge in [-0.05, 0) is 20.3 Å². The first kappa shape index (κ1) is 16.5. The molecule has 0 saturated heterocycles. The van der Waals surface area contributed by atoms with E-state index in [0.717, 1.165) is 27.4 Å². The van der Waals surface area contributed by atoms with E-state index in [1.54, 1.807) is 23.1 Å². The van der Waals surface area contributed by atoms with Crippen molar-refractivity contribution in [1.29, 1.82) is 0 Å². The molecule has 1 heterocycles. The molecule has 0 fully saturated rings. The van der Waals surface area contributed by atoms with Crippen molar-refractivity contribution < 1.29 is 4.79 Å². The van der Waals surface area contributed by atoms with E-state index in [9.17, 15) is 4.79 Å². The van der Waals surface area contributed by atoms with Gasteiger partial charge in [-0.25, -0.2) is 0 Å². The Balaban J connectivity index is 2.30. The number of hydrogen-bond acceptors (Lipinski definition) is 6. The highest BCUT2D eigenvalue weighted by Gasteiger charge is 2.07. The van der Waals surface area contributed by atoms with Crippen LogP contribution in [0.3, 0.4) is 0 Å². The molecule has 1 N–H and O–H groups in total. The fraction of sp³-hybridized carbons (Fsp3) is 0.583. The van der Waals surface area contributed by atoms with Crippen LogP contribution in [0.1, 0.15) is 27.2 Å². The van der Waals surface area contributed by atoms with Crippen molar-refractivity contribution in [1.82, 2.24) is 15.5 Å². The molecule has 1 amide bonds. The summed E-state index contributed by atoms with van der Waals surface area (Å²) in [7, 11) is 0. The van der Waals surface area contributed by atoms with Gasteiger partial charge >= 0.3 is 0 Å². The van der Waals surface area contributed by atoms with E-state index in [1.165, 1.54) is 17.3 Å². The van der Waals surface area contributed by atoms with Gasteiger partial charge in [-0.3, -0.25) is 4.79 Å². The second-order valence-corrected chi connectivity index (χ2v) is 7.53. The first-order valence-corrected chi connectivity index (χ1v) is 8.89. The van der Waals surface area contributed by atoms with Crippen LogP contribution in [-0.4, -0.2) is 34.2 Å². The lowest BCUT2D eigenvalue weighted by atomic mass is 10.3. The quantitative estimate of drug-likeness (QED) is 0.589. The Morgan fingerprint density at radius 3 is 2.63 bits per heavy atom. The Kier molecular flexibility index (Phi) is 8.16. The van der Waals surface area contributed by atoms with Crippen LogP contribution in [0, 0.1) is 0 Å². The number of carbonyl (C=O) groups excluding carboxylic acids is 1. The van der Waals surface area contributed by atoms with Crippen molar-refractivity contribution in [2.24, 2.45) is 0 Å². The zero-order valence-corrected chi connectivity index (χ0v) is 13.9. The van der Waals surface area contributed by atoms with Crippen LogP contribution in [-0.2, 0) is 4.79 Å². The van der Waals surface area contributed by atoms with Crippen molar-refractivity contribution in [3.8, 4) is 0 Å². The fourth-order valence-corrected chi connectivity index (χ4v) is 3.95. The Hall–Kier alpha value is -0.530. The summed E-state index contributed by atoms with van der Waals surface area (Å²) in [6.45, 7) is 6.93. The van der Waals surface area contributed by atoms with Gasteiger partial charge < -0.3 is 5.32 Å². The Morgan fingerprint density at radius 1 is 1.32 bits per heavy atom. The number of aromatic nitrogens is 2. The molecule has 4 nitrogen and oxygen atoms in total. The first-order chi connectivity index (χ1) is 9.11. The third kappa shape index (κ3) is 7.59. The highest BCUT2D eigenvalue weighted by atomic mass is 32.2. The van der Waals surface area contributed by atoms with Gasteiger partial charge in [0.1, 0.15) is 0 Å². The summed E-state index contributed by atoms with van der Waals surface area (Å²) < 4.78 is 1.81. The fourth-order valence-electron chi connectivity index (χ4n) is 1.04. The summed E-state index contributed by atoms with van der Waals surface area (Å²) >= 11 is 4.66. The Bertz CT molecular complexity index is 428. The van der Waals surface area contributed by atoms with Gasteiger partial charge in [-0.15, -0.1) is 10.2 Å². The normalized spacial score (nSPS) is 10.3. The molecule has 0 aromatic carbocycles. The molecule has 0 bridgehead atoms. The van der Waals surface area contributed by atoms with E-state index in [1.807, 2.05) is 6.92 Å². The van der Waals surface area contributed by atoms with Crippen molar-refractivity contribution in [2.45, 2.75) is 35.9 Å². The Labute approximate surface area is 126 Å². The van der Waals surface area contributed by atoms with Crippen molar-refractivity contribution >= 4 is 40.8 Å². The molecule has 1 aromatic heterocycles. The number of allylic oxidation sites excluding steroid dienone is 1. The summed E-state index contributed by atoms with van der Waals surface area (Å²) in [6.07, 6.45) is 3.12. The molecule has 0 atom stereocenters. The second kappa shape index (κ2) is 9.39. The van der Waals surface area contributed by atoms with Gasteiger partial charge in [0.05, 0.1) is 5.75 Å². The van der Waals surface area contributed by atoms with E-state index in [0.29, 0.717) is 5.75 Å². The van der Waals surface area contributed by atoms with E-state index < -0.39 is 0 Å². The summed E-state index contributed by atoms with van der Waals surface area (Å²) in [5.41, 5.74) is 1.30. The second-order valence-electron chi connectivity index (χ2n) is 4.06. The molecular weight excluding hydrogens is 298 g/mol. The highest BCUT2D eigenvalue weighted by molar-refractivity contribution is 8.03. The van der Waals surface area contributed by atoms with Crippen LogP contribution in [0.2, 0.25) is 0 Å². The average molecular weight is 318 g/mol.